The van der Waals surface area contributed by atoms with Gasteiger partial charge in [0.1, 0.15) is 12.2 Å². The third-order valence-corrected chi connectivity index (χ3v) is 1.88. The quantitative estimate of drug-likeness (QED) is 0.350. The van der Waals surface area contributed by atoms with Gasteiger partial charge in [0.15, 0.2) is 6.29 Å². The van der Waals surface area contributed by atoms with E-state index in [0.29, 0.717) is 0 Å². The maximum Gasteiger partial charge on any atom is 0.186 e. The zero-order chi connectivity index (χ0) is 9.84. The highest BCUT2D eigenvalue weighted by Gasteiger charge is 2.42. The SMILES string of the molecule is COC1O[C@H](CN=[N+]=[N-])[C@@H](O)[C@@H]1O. The molecule has 1 saturated heterocycles. The van der Waals surface area contributed by atoms with Gasteiger partial charge in [0.2, 0.25) is 0 Å². The van der Waals surface area contributed by atoms with Crippen LogP contribution < -0.4 is 0 Å². The summed E-state index contributed by atoms with van der Waals surface area (Å²) >= 11 is 0. The molecule has 7 heteroatoms. The Bertz CT molecular complexity index is 218. The van der Waals surface area contributed by atoms with Crippen LogP contribution in [0.15, 0.2) is 5.11 Å². The van der Waals surface area contributed by atoms with E-state index < -0.39 is 24.6 Å². The number of aliphatic hydroxyl groups excluding tert-OH is 2. The van der Waals surface area contributed by atoms with Gasteiger partial charge in [0.05, 0.1) is 12.6 Å². The highest BCUT2D eigenvalue weighted by molar-refractivity contribution is 4.87. The van der Waals surface area contributed by atoms with Crippen LogP contribution >= 0.6 is 0 Å². The van der Waals surface area contributed by atoms with Crippen molar-refractivity contribution in [1.82, 2.24) is 0 Å². The fourth-order valence-electron chi connectivity index (χ4n) is 1.18. The van der Waals surface area contributed by atoms with Crippen LogP contribution in [-0.2, 0) is 9.47 Å². The third-order valence-electron chi connectivity index (χ3n) is 1.88. The van der Waals surface area contributed by atoms with Crippen LogP contribution in [-0.4, -0.2) is 48.5 Å². The van der Waals surface area contributed by atoms with Gasteiger partial charge in [-0.05, 0) is 5.53 Å². The Labute approximate surface area is 74.5 Å². The largest absolute Gasteiger partial charge is 0.387 e. The average Bonchev–Trinajstić information content (AvgIpc) is 2.41. The molecule has 1 fully saturated rings. The maximum absolute atomic E-state index is 9.35. The predicted molar refractivity (Wildman–Crippen MR) is 41.7 cm³/mol. The molecule has 1 aliphatic rings. The molecule has 1 aliphatic heterocycles. The van der Waals surface area contributed by atoms with E-state index in [4.69, 9.17) is 15.0 Å². The number of hydrogen-bond donors (Lipinski definition) is 2. The van der Waals surface area contributed by atoms with E-state index in [9.17, 15) is 10.2 Å². The summed E-state index contributed by atoms with van der Waals surface area (Å²) in [5.41, 5.74) is 8.03. The van der Waals surface area contributed by atoms with E-state index >= 15 is 0 Å². The van der Waals surface area contributed by atoms with Crippen LogP contribution in [0.1, 0.15) is 0 Å². The standard InChI is InChI=1S/C6H11N3O4/c1-12-6-5(11)4(10)3(13-6)2-8-9-7/h3-6,10-11H,2H2,1H3/t3-,4-,5+,6?/m1/s1. The molecule has 0 spiro atoms. The van der Waals surface area contributed by atoms with E-state index in [1.165, 1.54) is 7.11 Å². The third kappa shape index (κ3) is 2.09. The molecule has 2 N–H and O–H groups in total. The van der Waals surface area contributed by atoms with Gasteiger partial charge < -0.3 is 19.7 Å². The van der Waals surface area contributed by atoms with Crippen LogP contribution in [0.25, 0.3) is 10.4 Å². The fraction of sp³-hybridized carbons (Fsp3) is 1.00. The monoisotopic (exact) mass is 189 g/mol. The van der Waals surface area contributed by atoms with Gasteiger partial charge >= 0.3 is 0 Å². The fourth-order valence-corrected chi connectivity index (χ4v) is 1.18. The molecular weight excluding hydrogens is 178 g/mol. The normalized spacial score (nSPS) is 38.7. The molecule has 0 aliphatic carbocycles. The molecule has 4 atom stereocenters. The Hall–Kier alpha value is -0.850. The molecule has 0 saturated carbocycles. The first-order chi connectivity index (χ1) is 6.20. The molecule has 0 radical (unpaired) electrons. The minimum atomic E-state index is -1.09. The summed E-state index contributed by atoms with van der Waals surface area (Å²) in [5, 5.41) is 21.9. The summed E-state index contributed by atoms with van der Waals surface area (Å²) in [6.45, 7) is -0.0193. The van der Waals surface area contributed by atoms with Crippen LogP contribution in [0.5, 0.6) is 0 Å². The second-order valence-corrected chi connectivity index (χ2v) is 2.67. The smallest absolute Gasteiger partial charge is 0.186 e. The van der Waals surface area contributed by atoms with Gasteiger partial charge in [0.25, 0.3) is 0 Å². The van der Waals surface area contributed by atoms with Crippen molar-refractivity contribution in [3.63, 3.8) is 0 Å². The Morgan fingerprint density at radius 1 is 1.54 bits per heavy atom. The van der Waals surface area contributed by atoms with Crippen molar-refractivity contribution in [2.75, 3.05) is 13.7 Å². The van der Waals surface area contributed by atoms with E-state index in [0.717, 1.165) is 0 Å². The Morgan fingerprint density at radius 2 is 2.23 bits per heavy atom. The number of ether oxygens (including phenoxy) is 2. The molecular formula is C6H11N3O4. The molecule has 0 aromatic rings. The lowest BCUT2D eigenvalue weighted by Gasteiger charge is -2.11. The first kappa shape index (κ1) is 10.2. The topological polar surface area (TPSA) is 108 Å². The zero-order valence-corrected chi connectivity index (χ0v) is 7.07. The zero-order valence-electron chi connectivity index (χ0n) is 7.07. The van der Waals surface area contributed by atoms with Crippen molar-refractivity contribution >= 4 is 0 Å². The average molecular weight is 189 g/mol. The van der Waals surface area contributed by atoms with Gasteiger partial charge in [-0.3, -0.25) is 0 Å². The Balaban J connectivity index is 2.54. The molecule has 0 bridgehead atoms. The van der Waals surface area contributed by atoms with Crippen molar-refractivity contribution in [3.8, 4) is 0 Å². The van der Waals surface area contributed by atoms with Gasteiger partial charge in [-0.1, -0.05) is 5.11 Å². The highest BCUT2D eigenvalue weighted by Crippen LogP contribution is 2.21. The minimum Gasteiger partial charge on any atom is -0.387 e. The van der Waals surface area contributed by atoms with Crippen LogP contribution in [0.3, 0.4) is 0 Å². The van der Waals surface area contributed by atoms with Gasteiger partial charge in [-0.2, -0.15) is 0 Å². The lowest BCUT2D eigenvalue weighted by Crippen LogP contribution is -2.33. The summed E-state index contributed by atoms with van der Waals surface area (Å²) in [5.74, 6) is 0. The molecule has 0 aromatic heterocycles. The van der Waals surface area contributed by atoms with Crippen LogP contribution in [0.4, 0.5) is 0 Å². The van der Waals surface area contributed by atoms with Gasteiger partial charge in [0, 0.05) is 12.0 Å². The second kappa shape index (κ2) is 4.40. The summed E-state index contributed by atoms with van der Waals surface area (Å²) in [6, 6.07) is 0. The van der Waals surface area contributed by atoms with E-state index in [-0.39, 0.29) is 6.54 Å². The van der Waals surface area contributed by atoms with Gasteiger partial charge in [-0.15, -0.1) is 0 Å². The predicted octanol–water partition coefficient (Wildman–Crippen LogP) is -0.610. The van der Waals surface area contributed by atoms with Crippen LogP contribution in [0, 0.1) is 0 Å². The van der Waals surface area contributed by atoms with Gasteiger partial charge in [-0.25, -0.2) is 0 Å². The van der Waals surface area contributed by atoms with E-state index in [1.54, 1.807) is 0 Å². The summed E-state index contributed by atoms with van der Waals surface area (Å²) in [6.07, 6.45) is -3.72. The van der Waals surface area contributed by atoms with Crippen molar-refractivity contribution in [3.05, 3.63) is 10.4 Å². The number of methoxy groups -OCH3 is 1. The van der Waals surface area contributed by atoms with E-state index in [2.05, 4.69) is 10.0 Å². The maximum atomic E-state index is 9.35. The molecule has 0 amide bonds. The number of aliphatic hydroxyl groups is 2. The Kier molecular flexibility index (Phi) is 3.47. The summed E-state index contributed by atoms with van der Waals surface area (Å²) < 4.78 is 9.79. The molecule has 1 unspecified atom stereocenters. The van der Waals surface area contributed by atoms with Crippen molar-refractivity contribution in [1.29, 1.82) is 0 Å². The lowest BCUT2D eigenvalue weighted by atomic mass is 10.1. The Morgan fingerprint density at radius 3 is 2.69 bits per heavy atom. The van der Waals surface area contributed by atoms with Crippen molar-refractivity contribution in [2.45, 2.75) is 24.6 Å². The molecule has 0 aromatic carbocycles. The first-order valence-electron chi connectivity index (χ1n) is 3.76. The van der Waals surface area contributed by atoms with Crippen molar-refractivity contribution in [2.24, 2.45) is 5.11 Å². The number of hydrogen-bond acceptors (Lipinski definition) is 5. The molecule has 74 valence electrons. The second-order valence-electron chi connectivity index (χ2n) is 2.67. The number of nitrogens with zero attached hydrogens (tertiary/aromatic N) is 3. The van der Waals surface area contributed by atoms with Crippen LogP contribution in [0.2, 0.25) is 0 Å². The van der Waals surface area contributed by atoms with Crippen molar-refractivity contribution < 1.29 is 19.7 Å². The molecule has 7 nitrogen and oxygen atoms in total. The summed E-state index contributed by atoms with van der Waals surface area (Å²) in [4.78, 5) is 2.52. The van der Waals surface area contributed by atoms with E-state index in [1.807, 2.05) is 0 Å². The number of rotatable bonds is 3. The summed E-state index contributed by atoms with van der Waals surface area (Å²) in [7, 11) is 1.36. The minimum absolute atomic E-state index is 0.0193. The highest BCUT2D eigenvalue weighted by atomic mass is 16.7. The molecule has 13 heavy (non-hydrogen) atoms. The first-order valence-corrected chi connectivity index (χ1v) is 3.76. The number of azide groups is 1. The lowest BCUT2D eigenvalue weighted by molar-refractivity contribution is -0.147. The molecule has 1 rings (SSSR count). The molecule has 1 heterocycles.